The quantitative estimate of drug-likeness (QED) is 0.725. The van der Waals surface area contributed by atoms with Gasteiger partial charge in [0.1, 0.15) is 5.82 Å². The van der Waals surface area contributed by atoms with E-state index in [0.717, 1.165) is 49.1 Å². The lowest BCUT2D eigenvalue weighted by molar-refractivity contribution is 0.311. The van der Waals surface area contributed by atoms with Gasteiger partial charge in [-0.3, -0.25) is 0 Å². The van der Waals surface area contributed by atoms with E-state index in [9.17, 15) is 4.39 Å². The van der Waals surface area contributed by atoms with Crippen LogP contribution in [0.2, 0.25) is 0 Å². The van der Waals surface area contributed by atoms with E-state index in [-0.39, 0.29) is 5.82 Å². The van der Waals surface area contributed by atoms with E-state index < -0.39 is 0 Å². The third kappa shape index (κ3) is 3.30. The maximum Gasteiger partial charge on any atom is 0.225 e. The van der Waals surface area contributed by atoms with E-state index in [1.54, 1.807) is 16.9 Å². The van der Waals surface area contributed by atoms with Crippen molar-refractivity contribution in [3.05, 3.63) is 54.2 Å². The summed E-state index contributed by atoms with van der Waals surface area (Å²) in [4.78, 5) is 13.7. The van der Waals surface area contributed by atoms with Gasteiger partial charge in [0.05, 0.1) is 17.1 Å². The molecule has 1 aromatic carbocycles. The fourth-order valence-corrected chi connectivity index (χ4v) is 3.12. The number of piperazine rings is 1. The van der Waals surface area contributed by atoms with E-state index in [4.69, 9.17) is 4.98 Å². The number of aryl methyl sites for hydroxylation is 1. The normalized spacial score (nSPS) is 15.4. The van der Waals surface area contributed by atoms with Gasteiger partial charge in [-0.1, -0.05) is 6.07 Å². The second-order valence-electron chi connectivity index (χ2n) is 6.58. The first-order valence-electron chi connectivity index (χ1n) is 8.69. The fraction of sp³-hybridized carbons (Fsp3) is 0.316. The Morgan fingerprint density at radius 3 is 2.65 bits per heavy atom. The monoisotopic (exact) mass is 352 g/mol. The molecule has 1 saturated heterocycles. The number of rotatable bonds is 3. The second-order valence-corrected chi connectivity index (χ2v) is 6.58. The van der Waals surface area contributed by atoms with Crippen LogP contribution in [0.25, 0.3) is 16.9 Å². The summed E-state index contributed by atoms with van der Waals surface area (Å²) in [7, 11) is 2.12. The zero-order valence-corrected chi connectivity index (χ0v) is 14.9. The maximum atomic E-state index is 13.5. The zero-order chi connectivity index (χ0) is 18.1. The van der Waals surface area contributed by atoms with Crippen molar-refractivity contribution in [3.8, 4) is 16.9 Å². The van der Waals surface area contributed by atoms with Gasteiger partial charge in [0.15, 0.2) is 0 Å². The van der Waals surface area contributed by atoms with Crippen LogP contribution in [0.1, 0.15) is 5.69 Å². The summed E-state index contributed by atoms with van der Waals surface area (Å²) in [6.45, 7) is 5.78. The van der Waals surface area contributed by atoms with Crippen LogP contribution in [0.4, 0.5) is 10.3 Å². The number of halogens is 1. The van der Waals surface area contributed by atoms with Crippen LogP contribution in [0, 0.1) is 12.7 Å². The lowest BCUT2D eigenvalue weighted by Crippen LogP contribution is -2.45. The molecule has 0 unspecified atom stereocenters. The second kappa shape index (κ2) is 6.84. The zero-order valence-electron chi connectivity index (χ0n) is 14.9. The molecule has 26 heavy (non-hydrogen) atoms. The summed E-state index contributed by atoms with van der Waals surface area (Å²) in [5, 5.41) is 4.52. The molecule has 0 bridgehead atoms. The number of nitrogens with zero attached hydrogens (tertiary/aromatic N) is 6. The Hall–Kier alpha value is -2.80. The molecule has 134 valence electrons. The molecule has 0 atom stereocenters. The van der Waals surface area contributed by atoms with Gasteiger partial charge < -0.3 is 9.80 Å². The average Bonchev–Trinajstić information content (AvgIpc) is 3.04. The van der Waals surface area contributed by atoms with Crippen molar-refractivity contribution in [2.24, 2.45) is 0 Å². The Bertz CT molecular complexity index is 914. The van der Waals surface area contributed by atoms with Crippen LogP contribution < -0.4 is 4.90 Å². The third-order valence-corrected chi connectivity index (χ3v) is 4.68. The standard InChI is InChI=1S/C19H21FN6/c1-14-17(13-26(23-14)16-5-3-4-15(20)12-16)18-6-7-21-19(22-18)25-10-8-24(2)9-11-25/h3-7,12-13H,8-11H2,1-2H3. The molecule has 2 aromatic heterocycles. The Morgan fingerprint density at radius 1 is 1.08 bits per heavy atom. The lowest BCUT2D eigenvalue weighted by atomic mass is 10.2. The highest BCUT2D eigenvalue weighted by molar-refractivity contribution is 5.62. The van der Waals surface area contributed by atoms with Crippen LogP contribution >= 0.6 is 0 Å². The molecule has 0 amide bonds. The van der Waals surface area contributed by atoms with Crippen molar-refractivity contribution in [1.82, 2.24) is 24.6 Å². The molecule has 1 aliphatic rings. The molecule has 1 fully saturated rings. The van der Waals surface area contributed by atoms with Crippen molar-refractivity contribution < 1.29 is 4.39 Å². The fourth-order valence-electron chi connectivity index (χ4n) is 3.12. The lowest BCUT2D eigenvalue weighted by Gasteiger charge is -2.32. The predicted octanol–water partition coefficient (Wildman–Crippen LogP) is 2.53. The molecule has 0 radical (unpaired) electrons. The number of anilines is 1. The summed E-state index contributed by atoms with van der Waals surface area (Å²) >= 11 is 0. The van der Waals surface area contributed by atoms with E-state index >= 15 is 0 Å². The Balaban J connectivity index is 1.65. The van der Waals surface area contributed by atoms with Crippen molar-refractivity contribution in [1.29, 1.82) is 0 Å². The van der Waals surface area contributed by atoms with Crippen LogP contribution in [0.15, 0.2) is 42.7 Å². The van der Waals surface area contributed by atoms with Crippen LogP contribution in [-0.2, 0) is 0 Å². The van der Waals surface area contributed by atoms with Crippen LogP contribution in [0.5, 0.6) is 0 Å². The molecule has 7 heteroatoms. The predicted molar refractivity (Wildman–Crippen MR) is 99.0 cm³/mol. The van der Waals surface area contributed by atoms with Gasteiger partial charge in [-0.25, -0.2) is 19.0 Å². The SMILES string of the molecule is Cc1nn(-c2cccc(F)c2)cc1-c1ccnc(N2CCN(C)CC2)n1. The molecule has 3 aromatic rings. The molecule has 3 heterocycles. The van der Waals surface area contributed by atoms with Crippen molar-refractivity contribution >= 4 is 5.95 Å². The van der Waals surface area contributed by atoms with E-state index in [2.05, 4.69) is 26.9 Å². The summed E-state index contributed by atoms with van der Waals surface area (Å²) in [6.07, 6.45) is 3.68. The highest BCUT2D eigenvalue weighted by atomic mass is 19.1. The van der Waals surface area contributed by atoms with E-state index in [1.165, 1.54) is 12.1 Å². The molecule has 0 N–H and O–H groups in total. The summed E-state index contributed by atoms with van der Waals surface area (Å²) in [5.74, 6) is 0.463. The van der Waals surface area contributed by atoms with Gasteiger partial charge in [-0.2, -0.15) is 5.10 Å². The maximum absolute atomic E-state index is 13.5. The molecule has 0 spiro atoms. The summed E-state index contributed by atoms with van der Waals surface area (Å²) in [5.41, 5.74) is 3.28. The van der Waals surface area contributed by atoms with Gasteiger partial charge in [-0.15, -0.1) is 0 Å². The molecular weight excluding hydrogens is 331 g/mol. The third-order valence-electron chi connectivity index (χ3n) is 4.68. The molecular formula is C19H21FN6. The van der Waals surface area contributed by atoms with E-state index in [1.807, 2.05) is 25.3 Å². The number of hydrogen-bond acceptors (Lipinski definition) is 5. The Kier molecular flexibility index (Phi) is 4.38. The van der Waals surface area contributed by atoms with Crippen LogP contribution in [-0.4, -0.2) is 57.9 Å². The minimum Gasteiger partial charge on any atom is -0.338 e. The molecule has 6 nitrogen and oxygen atoms in total. The van der Waals surface area contributed by atoms with Gasteiger partial charge in [-0.05, 0) is 38.2 Å². The van der Waals surface area contributed by atoms with Gasteiger partial charge in [0, 0.05) is 44.1 Å². The highest BCUT2D eigenvalue weighted by Crippen LogP contribution is 2.24. The van der Waals surface area contributed by atoms with Crippen LogP contribution in [0.3, 0.4) is 0 Å². The summed E-state index contributed by atoms with van der Waals surface area (Å²) < 4.78 is 15.2. The molecule has 1 aliphatic heterocycles. The van der Waals surface area contributed by atoms with E-state index in [0.29, 0.717) is 5.69 Å². The number of likely N-dealkylation sites (N-methyl/N-ethyl adjacent to an activating group) is 1. The Labute approximate surface area is 151 Å². The largest absolute Gasteiger partial charge is 0.338 e. The molecule has 0 saturated carbocycles. The summed E-state index contributed by atoms with van der Waals surface area (Å²) in [6, 6.07) is 8.28. The molecule has 0 aliphatic carbocycles. The smallest absolute Gasteiger partial charge is 0.225 e. The van der Waals surface area contributed by atoms with Gasteiger partial charge in [0.2, 0.25) is 5.95 Å². The first kappa shape index (κ1) is 16.7. The number of benzene rings is 1. The first-order chi connectivity index (χ1) is 12.6. The highest BCUT2D eigenvalue weighted by Gasteiger charge is 2.18. The van der Waals surface area contributed by atoms with Gasteiger partial charge >= 0.3 is 0 Å². The Morgan fingerprint density at radius 2 is 1.88 bits per heavy atom. The first-order valence-corrected chi connectivity index (χ1v) is 8.69. The minimum absolute atomic E-state index is 0.281. The van der Waals surface area contributed by atoms with Gasteiger partial charge in [0.25, 0.3) is 0 Å². The van der Waals surface area contributed by atoms with Crippen molar-refractivity contribution in [3.63, 3.8) is 0 Å². The average molecular weight is 352 g/mol. The van der Waals surface area contributed by atoms with Crippen molar-refractivity contribution in [2.45, 2.75) is 6.92 Å². The minimum atomic E-state index is -0.281. The topological polar surface area (TPSA) is 50.1 Å². The number of hydrogen-bond donors (Lipinski definition) is 0. The number of aromatic nitrogens is 4. The molecule has 4 rings (SSSR count). The van der Waals surface area contributed by atoms with Crippen molar-refractivity contribution in [2.75, 3.05) is 38.1 Å².